The molecule has 0 saturated heterocycles. The molecule has 5 heteroatoms. The third-order valence-electron chi connectivity index (χ3n) is 1.50. The van der Waals surface area contributed by atoms with Crippen molar-refractivity contribution in [3.63, 3.8) is 0 Å². The SMILES string of the molecule is Cl.N[C@H](C(=O)Cl)c1ccc(O)cc1. The summed E-state index contributed by atoms with van der Waals surface area (Å²) in [6.07, 6.45) is 0. The summed E-state index contributed by atoms with van der Waals surface area (Å²) in [5, 5.41) is 8.31. The molecule has 0 unspecified atom stereocenters. The first kappa shape index (κ1) is 12.2. The van der Waals surface area contributed by atoms with Crippen molar-refractivity contribution in [3.8, 4) is 5.75 Å². The lowest BCUT2D eigenvalue weighted by Crippen LogP contribution is -2.16. The van der Waals surface area contributed by atoms with E-state index in [4.69, 9.17) is 22.4 Å². The molecule has 0 aliphatic heterocycles. The first-order chi connectivity index (χ1) is 5.61. The van der Waals surface area contributed by atoms with Crippen LogP contribution in [-0.2, 0) is 4.79 Å². The highest BCUT2D eigenvalue weighted by atomic mass is 35.5. The molecule has 3 nitrogen and oxygen atoms in total. The third kappa shape index (κ3) is 3.22. The van der Waals surface area contributed by atoms with Crippen LogP contribution in [0.25, 0.3) is 0 Å². The highest BCUT2D eigenvalue weighted by Crippen LogP contribution is 2.16. The summed E-state index contributed by atoms with van der Waals surface area (Å²) in [7, 11) is 0. The number of hydrogen-bond donors (Lipinski definition) is 2. The minimum atomic E-state index is -0.813. The van der Waals surface area contributed by atoms with Crippen LogP contribution in [0, 0.1) is 0 Å². The van der Waals surface area contributed by atoms with Crippen LogP contribution in [0.1, 0.15) is 11.6 Å². The second-order valence-corrected chi connectivity index (χ2v) is 2.75. The van der Waals surface area contributed by atoms with Gasteiger partial charge < -0.3 is 10.8 Å². The average Bonchev–Trinajstić information content (AvgIpc) is 2.04. The van der Waals surface area contributed by atoms with Crippen LogP contribution in [0.3, 0.4) is 0 Å². The third-order valence-corrected chi connectivity index (χ3v) is 1.73. The molecule has 0 heterocycles. The highest BCUT2D eigenvalue weighted by molar-refractivity contribution is 6.64. The monoisotopic (exact) mass is 221 g/mol. The van der Waals surface area contributed by atoms with E-state index in [-0.39, 0.29) is 18.2 Å². The molecule has 13 heavy (non-hydrogen) atoms. The Bertz CT molecular complexity index is 287. The Morgan fingerprint density at radius 1 is 1.38 bits per heavy atom. The first-order valence-corrected chi connectivity index (χ1v) is 3.73. The molecule has 0 bridgehead atoms. The van der Waals surface area contributed by atoms with Gasteiger partial charge in [-0.2, -0.15) is 0 Å². The van der Waals surface area contributed by atoms with Gasteiger partial charge in [0.1, 0.15) is 11.8 Å². The first-order valence-electron chi connectivity index (χ1n) is 3.35. The fourth-order valence-corrected chi connectivity index (χ4v) is 0.939. The van der Waals surface area contributed by atoms with Gasteiger partial charge in [-0.25, -0.2) is 0 Å². The largest absolute Gasteiger partial charge is 0.508 e. The van der Waals surface area contributed by atoms with E-state index in [9.17, 15) is 4.79 Å². The van der Waals surface area contributed by atoms with Gasteiger partial charge in [-0.15, -0.1) is 12.4 Å². The zero-order valence-electron chi connectivity index (χ0n) is 6.61. The van der Waals surface area contributed by atoms with Crippen LogP contribution in [-0.4, -0.2) is 10.3 Å². The number of rotatable bonds is 2. The molecular formula is C8H9Cl2NO2. The second kappa shape index (κ2) is 5.07. The lowest BCUT2D eigenvalue weighted by atomic mass is 10.1. The van der Waals surface area contributed by atoms with Crippen LogP contribution in [0.5, 0.6) is 5.75 Å². The minimum absolute atomic E-state index is 0. The van der Waals surface area contributed by atoms with Crippen molar-refractivity contribution in [1.82, 2.24) is 0 Å². The van der Waals surface area contributed by atoms with Gasteiger partial charge in [-0.1, -0.05) is 12.1 Å². The van der Waals surface area contributed by atoms with Crippen molar-refractivity contribution >= 4 is 29.3 Å². The maximum Gasteiger partial charge on any atom is 0.242 e. The number of hydrogen-bond acceptors (Lipinski definition) is 3. The van der Waals surface area contributed by atoms with Crippen molar-refractivity contribution in [3.05, 3.63) is 29.8 Å². The smallest absolute Gasteiger partial charge is 0.242 e. The summed E-state index contributed by atoms with van der Waals surface area (Å²) in [4.78, 5) is 10.6. The quantitative estimate of drug-likeness (QED) is 0.746. The van der Waals surface area contributed by atoms with Gasteiger partial charge in [-0.3, -0.25) is 4.79 Å². The summed E-state index contributed by atoms with van der Waals surface area (Å²) in [6, 6.07) is 5.21. The zero-order chi connectivity index (χ0) is 9.14. The summed E-state index contributed by atoms with van der Waals surface area (Å²) >= 11 is 5.18. The number of phenolic OH excluding ortho intramolecular Hbond substituents is 1. The Hall–Kier alpha value is -0.770. The Kier molecular flexibility index (Phi) is 4.77. The van der Waals surface area contributed by atoms with Crippen LogP contribution in [0.15, 0.2) is 24.3 Å². The summed E-state index contributed by atoms with van der Waals surface area (Å²) in [5.74, 6) is 0.132. The molecule has 72 valence electrons. The molecule has 0 aromatic heterocycles. The van der Waals surface area contributed by atoms with E-state index in [1.807, 2.05) is 0 Å². The number of aromatic hydroxyl groups is 1. The maximum absolute atomic E-state index is 10.6. The topological polar surface area (TPSA) is 63.3 Å². The van der Waals surface area contributed by atoms with Gasteiger partial charge in [0.05, 0.1) is 0 Å². The fraction of sp³-hybridized carbons (Fsp3) is 0.125. The van der Waals surface area contributed by atoms with E-state index in [2.05, 4.69) is 0 Å². The normalized spacial score (nSPS) is 11.5. The van der Waals surface area contributed by atoms with E-state index in [0.29, 0.717) is 5.56 Å². The van der Waals surface area contributed by atoms with Crippen molar-refractivity contribution in [2.75, 3.05) is 0 Å². The van der Waals surface area contributed by atoms with Gasteiger partial charge in [-0.05, 0) is 29.3 Å². The molecule has 1 rings (SSSR count). The molecule has 1 aromatic carbocycles. The molecule has 0 amide bonds. The molecular weight excluding hydrogens is 213 g/mol. The average molecular weight is 222 g/mol. The number of carbonyl (C=O) groups excluding carboxylic acids is 1. The molecule has 0 aliphatic carbocycles. The van der Waals surface area contributed by atoms with Crippen molar-refractivity contribution in [2.45, 2.75) is 6.04 Å². The van der Waals surface area contributed by atoms with Gasteiger partial charge in [0, 0.05) is 0 Å². The van der Waals surface area contributed by atoms with Crippen LogP contribution in [0.2, 0.25) is 0 Å². The Morgan fingerprint density at radius 2 is 1.85 bits per heavy atom. The number of benzene rings is 1. The molecule has 0 spiro atoms. The van der Waals surface area contributed by atoms with E-state index in [1.54, 1.807) is 12.1 Å². The standard InChI is InChI=1S/C8H8ClNO2.ClH/c9-8(12)7(10)5-1-3-6(11)4-2-5;/h1-4,7,11H,10H2;1H/t7-;/m0./s1. The van der Waals surface area contributed by atoms with Crippen molar-refractivity contribution in [1.29, 1.82) is 0 Å². The Balaban J connectivity index is 0.00000144. The number of carbonyl (C=O) groups is 1. The van der Waals surface area contributed by atoms with E-state index in [0.717, 1.165) is 0 Å². The minimum Gasteiger partial charge on any atom is -0.508 e. The van der Waals surface area contributed by atoms with E-state index in [1.165, 1.54) is 12.1 Å². The van der Waals surface area contributed by atoms with Crippen LogP contribution < -0.4 is 5.73 Å². The lowest BCUT2D eigenvalue weighted by Gasteiger charge is -2.05. The maximum atomic E-state index is 10.6. The van der Waals surface area contributed by atoms with Gasteiger partial charge in [0.2, 0.25) is 5.24 Å². The molecule has 0 saturated carbocycles. The number of phenols is 1. The number of halogens is 2. The predicted molar refractivity (Wildman–Crippen MR) is 53.1 cm³/mol. The summed E-state index contributed by atoms with van der Waals surface area (Å²) in [5.41, 5.74) is 6.02. The zero-order valence-corrected chi connectivity index (χ0v) is 8.18. The molecule has 0 aliphatic rings. The van der Waals surface area contributed by atoms with Gasteiger partial charge >= 0.3 is 0 Å². The molecule has 0 fully saturated rings. The lowest BCUT2D eigenvalue weighted by molar-refractivity contribution is -0.112. The van der Waals surface area contributed by atoms with Gasteiger partial charge in [0.25, 0.3) is 0 Å². The van der Waals surface area contributed by atoms with Crippen LogP contribution >= 0.6 is 24.0 Å². The summed E-state index contributed by atoms with van der Waals surface area (Å²) in [6.45, 7) is 0. The summed E-state index contributed by atoms with van der Waals surface area (Å²) < 4.78 is 0. The van der Waals surface area contributed by atoms with E-state index >= 15 is 0 Å². The van der Waals surface area contributed by atoms with E-state index < -0.39 is 11.3 Å². The predicted octanol–water partition coefficient (Wildman–Crippen LogP) is 1.58. The van der Waals surface area contributed by atoms with Crippen molar-refractivity contribution < 1.29 is 9.90 Å². The Morgan fingerprint density at radius 3 is 2.23 bits per heavy atom. The molecule has 3 N–H and O–H groups in total. The molecule has 1 atom stereocenters. The van der Waals surface area contributed by atoms with Gasteiger partial charge in [0.15, 0.2) is 0 Å². The second-order valence-electron chi connectivity index (χ2n) is 2.37. The van der Waals surface area contributed by atoms with Crippen molar-refractivity contribution in [2.24, 2.45) is 5.73 Å². The molecule has 0 radical (unpaired) electrons. The van der Waals surface area contributed by atoms with Crippen LogP contribution in [0.4, 0.5) is 0 Å². The highest BCUT2D eigenvalue weighted by Gasteiger charge is 2.12. The Labute approximate surface area is 86.9 Å². The fourth-order valence-electron chi connectivity index (χ4n) is 0.813. The number of nitrogens with two attached hydrogens (primary N) is 1. The molecule has 1 aromatic rings.